The van der Waals surface area contributed by atoms with E-state index in [-0.39, 0.29) is 17.4 Å². The number of hydrogen-bond donors (Lipinski definition) is 2. The van der Waals surface area contributed by atoms with E-state index < -0.39 is 32.5 Å². The molecule has 0 aliphatic rings. The van der Waals surface area contributed by atoms with Crippen LogP contribution in [-0.2, 0) is 10.0 Å². The number of hydrogen-bond acceptors (Lipinski definition) is 5. The highest BCUT2D eigenvalue weighted by Crippen LogP contribution is 2.22. The molecule has 9 heteroatoms. The molecular formula is C12H18FN3O4S. The third-order valence-electron chi connectivity index (χ3n) is 2.79. The summed E-state index contributed by atoms with van der Waals surface area (Å²) < 4.78 is 39.9. The van der Waals surface area contributed by atoms with Crippen molar-refractivity contribution >= 4 is 15.7 Å². The van der Waals surface area contributed by atoms with Gasteiger partial charge in [0, 0.05) is 18.7 Å². The summed E-state index contributed by atoms with van der Waals surface area (Å²) in [5, 5.41) is 10.7. The number of halogens is 1. The van der Waals surface area contributed by atoms with Crippen molar-refractivity contribution in [1.29, 1.82) is 0 Å². The molecule has 0 radical (unpaired) electrons. The normalized spacial score (nSPS) is 13.4. The van der Waals surface area contributed by atoms with E-state index in [1.165, 1.54) is 0 Å². The Labute approximate surface area is 122 Å². The standard InChI is InChI=1S/C12H18FN3O4S/c1-8(2)5-9(7-14)15-21(19,20)10-3-4-11(13)12(6-10)16(17)18/h3-4,6,8-9,15H,5,7,14H2,1-2H3. The van der Waals surface area contributed by atoms with Crippen LogP contribution in [0, 0.1) is 21.8 Å². The highest BCUT2D eigenvalue weighted by Gasteiger charge is 2.24. The van der Waals surface area contributed by atoms with Gasteiger partial charge in [0.15, 0.2) is 0 Å². The Kier molecular flexibility index (Phi) is 5.76. The molecule has 1 unspecified atom stereocenters. The van der Waals surface area contributed by atoms with Crippen molar-refractivity contribution in [1.82, 2.24) is 4.72 Å². The van der Waals surface area contributed by atoms with Gasteiger partial charge in [0.1, 0.15) is 0 Å². The lowest BCUT2D eigenvalue weighted by Crippen LogP contribution is -2.41. The van der Waals surface area contributed by atoms with Gasteiger partial charge in [0.05, 0.1) is 9.82 Å². The van der Waals surface area contributed by atoms with Gasteiger partial charge in [-0.15, -0.1) is 0 Å². The zero-order valence-electron chi connectivity index (χ0n) is 11.7. The van der Waals surface area contributed by atoms with Crippen LogP contribution in [0.2, 0.25) is 0 Å². The van der Waals surface area contributed by atoms with E-state index in [2.05, 4.69) is 4.72 Å². The van der Waals surface area contributed by atoms with Crippen molar-refractivity contribution in [2.75, 3.05) is 6.54 Å². The molecule has 0 saturated carbocycles. The molecule has 0 bridgehead atoms. The van der Waals surface area contributed by atoms with Crippen LogP contribution in [0.15, 0.2) is 23.1 Å². The second-order valence-electron chi connectivity index (χ2n) is 5.05. The molecule has 1 aromatic rings. The Bertz CT molecular complexity index is 619. The number of sulfonamides is 1. The fraction of sp³-hybridized carbons (Fsp3) is 0.500. The van der Waals surface area contributed by atoms with E-state index in [0.717, 1.165) is 12.1 Å². The van der Waals surface area contributed by atoms with E-state index >= 15 is 0 Å². The van der Waals surface area contributed by atoms with E-state index in [4.69, 9.17) is 5.73 Å². The van der Waals surface area contributed by atoms with Gasteiger partial charge in [0.2, 0.25) is 15.8 Å². The van der Waals surface area contributed by atoms with E-state index in [1.54, 1.807) is 0 Å². The van der Waals surface area contributed by atoms with Crippen molar-refractivity contribution in [3.05, 3.63) is 34.1 Å². The number of nitro benzene ring substituents is 1. The molecule has 0 fully saturated rings. The van der Waals surface area contributed by atoms with Gasteiger partial charge in [-0.2, -0.15) is 4.39 Å². The second-order valence-corrected chi connectivity index (χ2v) is 6.77. The largest absolute Gasteiger partial charge is 0.329 e. The number of nitro groups is 1. The van der Waals surface area contributed by atoms with Gasteiger partial charge in [-0.25, -0.2) is 13.1 Å². The lowest BCUT2D eigenvalue weighted by atomic mass is 10.1. The summed E-state index contributed by atoms with van der Waals surface area (Å²) in [5.41, 5.74) is 4.63. The van der Waals surface area contributed by atoms with Gasteiger partial charge >= 0.3 is 5.69 Å². The quantitative estimate of drug-likeness (QED) is 0.582. The summed E-state index contributed by atoms with van der Waals surface area (Å²) in [6.07, 6.45) is 0.527. The molecule has 0 aliphatic heterocycles. The number of nitrogens with two attached hydrogens (primary N) is 1. The topological polar surface area (TPSA) is 115 Å². The van der Waals surface area contributed by atoms with Crippen molar-refractivity contribution in [3.63, 3.8) is 0 Å². The van der Waals surface area contributed by atoms with E-state index in [0.29, 0.717) is 12.5 Å². The molecular weight excluding hydrogens is 301 g/mol. The highest BCUT2D eigenvalue weighted by molar-refractivity contribution is 7.89. The van der Waals surface area contributed by atoms with Crippen LogP contribution in [-0.4, -0.2) is 25.9 Å². The molecule has 7 nitrogen and oxygen atoms in total. The molecule has 1 aromatic carbocycles. The minimum absolute atomic E-state index is 0.0979. The van der Waals surface area contributed by atoms with Crippen LogP contribution in [0.25, 0.3) is 0 Å². The average Bonchev–Trinajstić information content (AvgIpc) is 2.36. The minimum Gasteiger partial charge on any atom is -0.329 e. The summed E-state index contributed by atoms with van der Waals surface area (Å²) in [6.45, 7) is 3.93. The molecule has 0 aliphatic carbocycles. The number of nitrogens with zero attached hydrogens (tertiary/aromatic N) is 1. The zero-order valence-corrected chi connectivity index (χ0v) is 12.6. The number of benzene rings is 1. The smallest absolute Gasteiger partial charge is 0.306 e. The average molecular weight is 319 g/mol. The predicted octanol–water partition coefficient (Wildman–Crippen LogP) is 1.39. The van der Waals surface area contributed by atoms with Crippen LogP contribution in [0.3, 0.4) is 0 Å². The van der Waals surface area contributed by atoms with Crippen LogP contribution >= 0.6 is 0 Å². The third kappa shape index (κ3) is 4.73. The molecule has 0 heterocycles. The first-order chi connectivity index (χ1) is 9.67. The van der Waals surface area contributed by atoms with Crippen LogP contribution in [0.1, 0.15) is 20.3 Å². The lowest BCUT2D eigenvalue weighted by Gasteiger charge is -2.18. The zero-order chi connectivity index (χ0) is 16.2. The third-order valence-corrected chi connectivity index (χ3v) is 4.31. The Morgan fingerprint density at radius 3 is 2.52 bits per heavy atom. The number of rotatable bonds is 7. The maximum absolute atomic E-state index is 13.2. The van der Waals surface area contributed by atoms with E-state index in [9.17, 15) is 22.9 Å². The molecule has 21 heavy (non-hydrogen) atoms. The van der Waals surface area contributed by atoms with Gasteiger partial charge in [-0.1, -0.05) is 13.8 Å². The molecule has 118 valence electrons. The Morgan fingerprint density at radius 2 is 2.05 bits per heavy atom. The number of nitrogens with one attached hydrogen (secondary N) is 1. The second kappa shape index (κ2) is 6.92. The van der Waals surface area contributed by atoms with Crippen LogP contribution in [0.4, 0.5) is 10.1 Å². The van der Waals surface area contributed by atoms with Gasteiger partial charge < -0.3 is 5.73 Å². The predicted molar refractivity (Wildman–Crippen MR) is 75.7 cm³/mol. The van der Waals surface area contributed by atoms with E-state index in [1.807, 2.05) is 13.8 Å². The first-order valence-corrected chi connectivity index (χ1v) is 7.82. The van der Waals surface area contributed by atoms with Crippen molar-refractivity contribution < 1.29 is 17.7 Å². The molecule has 1 rings (SSSR count). The Balaban J connectivity index is 3.07. The first kappa shape index (κ1) is 17.5. The maximum Gasteiger partial charge on any atom is 0.306 e. The van der Waals surface area contributed by atoms with Gasteiger partial charge in [0.25, 0.3) is 0 Å². The minimum atomic E-state index is -3.99. The van der Waals surface area contributed by atoms with Gasteiger partial charge in [-0.3, -0.25) is 10.1 Å². The molecule has 1 atom stereocenters. The van der Waals surface area contributed by atoms with Crippen molar-refractivity contribution in [2.45, 2.75) is 31.2 Å². The summed E-state index contributed by atoms with van der Waals surface area (Å²) in [5.74, 6) is -0.861. The van der Waals surface area contributed by atoms with Gasteiger partial charge in [-0.05, 0) is 24.5 Å². The van der Waals surface area contributed by atoms with Crippen molar-refractivity contribution in [2.24, 2.45) is 11.7 Å². The molecule has 0 saturated heterocycles. The first-order valence-electron chi connectivity index (χ1n) is 6.33. The summed E-state index contributed by atoms with van der Waals surface area (Å²) in [6, 6.07) is 1.94. The monoisotopic (exact) mass is 319 g/mol. The molecule has 3 N–H and O–H groups in total. The molecule has 0 amide bonds. The van der Waals surface area contributed by atoms with Crippen LogP contribution < -0.4 is 10.5 Å². The molecule has 0 aromatic heterocycles. The Morgan fingerprint density at radius 1 is 1.43 bits per heavy atom. The fourth-order valence-electron chi connectivity index (χ4n) is 1.85. The SMILES string of the molecule is CC(C)CC(CN)NS(=O)(=O)c1ccc(F)c([N+](=O)[O-])c1. The maximum atomic E-state index is 13.2. The summed E-state index contributed by atoms with van der Waals surface area (Å²) in [4.78, 5) is 9.32. The highest BCUT2D eigenvalue weighted by atomic mass is 32.2. The Hall–Kier alpha value is -1.58. The lowest BCUT2D eigenvalue weighted by molar-refractivity contribution is -0.387. The van der Waals surface area contributed by atoms with Crippen molar-refractivity contribution in [3.8, 4) is 0 Å². The summed E-state index contributed by atoms with van der Waals surface area (Å²) in [7, 11) is -3.99. The fourth-order valence-corrected chi connectivity index (χ4v) is 3.13. The molecule has 0 spiro atoms. The summed E-state index contributed by atoms with van der Waals surface area (Å²) >= 11 is 0. The van der Waals surface area contributed by atoms with Crippen LogP contribution in [0.5, 0.6) is 0 Å².